The molecule has 0 aliphatic heterocycles. The number of aryl methyl sites for hydroxylation is 2. The highest BCUT2D eigenvalue weighted by molar-refractivity contribution is 6.06. The summed E-state index contributed by atoms with van der Waals surface area (Å²) in [4.78, 5) is 12.3. The molecule has 1 aromatic carbocycles. The van der Waals surface area contributed by atoms with Crippen molar-refractivity contribution in [3.63, 3.8) is 0 Å². The van der Waals surface area contributed by atoms with Gasteiger partial charge in [0.1, 0.15) is 5.69 Å². The van der Waals surface area contributed by atoms with Gasteiger partial charge in [0.05, 0.1) is 23.0 Å². The van der Waals surface area contributed by atoms with E-state index in [0.717, 1.165) is 0 Å². The van der Waals surface area contributed by atoms with E-state index >= 15 is 0 Å². The molecule has 0 aliphatic carbocycles. The second-order valence-electron chi connectivity index (χ2n) is 4.31. The standard InChI is InChI=1S/C14H15N5O/c1-3-19-13(12(16)9(2)18-19)14(20)17-11-6-4-5-10(7-11)8-15/h4-7H,3,16H2,1-2H3,(H,17,20). The number of carbonyl (C=O) groups is 1. The molecule has 0 saturated carbocycles. The Morgan fingerprint density at radius 2 is 2.30 bits per heavy atom. The van der Waals surface area contributed by atoms with Gasteiger partial charge in [-0.3, -0.25) is 9.48 Å². The Bertz CT molecular complexity index is 696. The van der Waals surface area contributed by atoms with Crippen LogP contribution in [0.3, 0.4) is 0 Å². The maximum Gasteiger partial charge on any atom is 0.276 e. The van der Waals surface area contributed by atoms with Gasteiger partial charge in [0.2, 0.25) is 0 Å². The van der Waals surface area contributed by atoms with E-state index in [4.69, 9.17) is 11.0 Å². The minimum absolute atomic E-state index is 0.333. The zero-order valence-corrected chi connectivity index (χ0v) is 11.3. The average molecular weight is 269 g/mol. The largest absolute Gasteiger partial charge is 0.395 e. The number of nitrogens with two attached hydrogens (primary N) is 1. The maximum absolute atomic E-state index is 12.3. The lowest BCUT2D eigenvalue weighted by atomic mass is 10.2. The number of hydrogen-bond acceptors (Lipinski definition) is 4. The molecule has 0 saturated heterocycles. The lowest BCUT2D eigenvalue weighted by molar-refractivity contribution is 0.101. The van der Waals surface area contributed by atoms with Crippen LogP contribution in [-0.4, -0.2) is 15.7 Å². The molecule has 102 valence electrons. The van der Waals surface area contributed by atoms with Gasteiger partial charge in [-0.2, -0.15) is 10.4 Å². The third-order valence-corrected chi connectivity index (χ3v) is 2.94. The minimum Gasteiger partial charge on any atom is -0.395 e. The summed E-state index contributed by atoms with van der Waals surface area (Å²) in [6.07, 6.45) is 0. The van der Waals surface area contributed by atoms with Crippen molar-refractivity contribution in [3.05, 3.63) is 41.2 Å². The summed E-state index contributed by atoms with van der Waals surface area (Å²) in [6.45, 7) is 4.20. The highest BCUT2D eigenvalue weighted by atomic mass is 16.2. The summed E-state index contributed by atoms with van der Waals surface area (Å²) in [5.74, 6) is -0.333. The van der Waals surface area contributed by atoms with Crippen molar-refractivity contribution >= 4 is 17.3 Å². The minimum atomic E-state index is -0.333. The van der Waals surface area contributed by atoms with Gasteiger partial charge in [0.25, 0.3) is 5.91 Å². The summed E-state index contributed by atoms with van der Waals surface area (Å²) in [6, 6.07) is 8.73. The molecule has 1 amide bonds. The number of carbonyl (C=O) groups excluding carboxylic acids is 1. The number of nitriles is 1. The molecular formula is C14H15N5O. The number of nitrogen functional groups attached to an aromatic ring is 1. The number of hydrogen-bond donors (Lipinski definition) is 2. The first-order valence-corrected chi connectivity index (χ1v) is 6.21. The predicted molar refractivity (Wildman–Crippen MR) is 76.2 cm³/mol. The molecule has 2 aromatic rings. The van der Waals surface area contributed by atoms with E-state index in [1.54, 1.807) is 35.9 Å². The van der Waals surface area contributed by atoms with Gasteiger partial charge in [-0.15, -0.1) is 0 Å². The first-order valence-electron chi connectivity index (χ1n) is 6.21. The Kier molecular flexibility index (Phi) is 3.71. The van der Waals surface area contributed by atoms with E-state index in [9.17, 15) is 4.79 Å². The molecule has 0 spiro atoms. The second-order valence-corrected chi connectivity index (χ2v) is 4.31. The van der Waals surface area contributed by atoms with Gasteiger partial charge in [-0.1, -0.05) is 6.07 Å². The topological polar surface area (TPSA) is 96.7 Å². The molecule has 0 fully saturated rings. The Morgan fingerprint density at radius 1 is 1.55 bits per heavy atom. The van der Waals surface area contributed by atoms with E-state index < -0.39 is 0 Å². The second kappa shape index (κ2) is 5.45. The summed E-state index contributed by atoms with van der Waals surface area (Å²) in [7, 11) is 0. The molecule has 0 atom stereocenters. The zero-order chi connectivity index (χ0) is 14.7. The average Bonchev–Trinajstić information content (AvgIpc) is 2.74. The molecule has 6 nitrogen and oxygen atoms in total. The van der Waals surface area contributed by atoms with Crippen LogP contribution in [-0.2, 0) is 6.54 Å². The molecule has 1 heterocycles. The van der Waals surface area contributed by atoms with E-state index in [2.05, 4.69) is 10.4 Å². The number of nitrogens with zero attached hydrogens (tertiary/aromatic N) is 3. The fraction of sp³-hybridized carbons (Fsp3) is 0.214. The molecule has 3 N–H and O–H groups in total. The number of benzene rings is 1. The third kappa shape index (κ3) is 2.47. The van der Waals surface area contributed by atoms with Crippen LogP contribution in [0.25, 0.3) is 0 Å². The van der Waals surface area contributed by atoms with Crippen molar-refractivity contribution in [1.82, 2.24) is 9.78 Å². The lowest BCUT2D eigenvalue weighted by Gasteiger charge is -2.07. The number of amides is 1. The molecule has 0 radical (unpaired) electrons. The van der Waals surface area contributed by atoms with Crippen LogP contribution in [0.2, 0.25) is 0 Å². The molecule has 1 aromatic heterocycles. The number of aromatic nitrogens is 2. The van der Waals surface area contributed by atoms with Crippen LogP contribution in [0.15, 0.2) is 24.3 Å². The predicted octanol–water partition coefficient (Wildman–Crippen LogP) is 1.92. The van der Waals surface area contributed by atoms with E-state index in [1.807, 2.05) is 13.0 Å². The summed E-state index contributed by atoms with van der Waals surface area (Å²) >= 11 is 0. The lowest BCUT2D eigenvalue weighted by Crippen LogP contribution is -2.18. The van der Waals surface area contributed by atoms with Gasteiger partial charge >= 0.3 is 0 Å². The van der Waals surface area contributed by atoms with Crippen molar-refractivity contribution in [2.24, 2.45) is 0 Å². The highest BCUT2D eigenvalue weighted by Crippen LogP contribution is 2.18. The van der Waals surface area contributed by atoms with Crippen LogP contribution in [0.1, 0.15) is 28.7 Å². The molecule has 2 rings (SSSR count). The Balaban J connectivity index is 2.31. The summed E-state index contributed by atoms with van der Waals surface area (Å²) < 4.78 is 1.56. The SMILES string of the molecule is CCn1nc(C)c(N)c1C(=O)Nc1cccc(C#N)c1. The van der Waals surface area contributed by atoms with Crippen molar-refractivity contribution in [1.29, 1.82) is 5.26 Å². The molecule has 0 aliphatic rings. The first kappa shape index (κ1) is 13.6. The van der Waals surface area contributed by atoms with E-state index in [0.29, 0.717) is 34.9 Å². The van der Waals surface area contributed by atoms with Crippen molar-refractivity contribution in [2.45, 2.75) is 20.4 Å². The molecule has 6 heteroatoms. The molecule has 0 bridgehead atoms. The van der Waals surface area contributed by atoms with Crippen LogP contribution < -0.4 is 11.1 Å². The maximum atomic E-state index is 12.3. The van der Waals surface area contributed by atoms with Crippen LogP contribution in [0, 0.1) is 18.3 Å². The highest BCUT2D eigenvalue weighted by Gasteiger charge is 2.19. The van der Waals surface area contributed by atoms with Crippen molar-refractivity contribution < 1.29 is 4.79 Å². The molecule has 20 heavy (non-hydrogen) atoms. The fourth-order valence-electron chi connectivity index (χ4n) is 1.92. The van der Waals surface area contributed by atoms with Crippen LogP contribution >= 0.6 is 0 Å². The molecule has 0 unspecified atom stereocenters. The summed E-state index contributed by atoms with van der Waals surface area (Å²) in [5.41, 5.74) is 8.27. The van der Waals surface area contributed by atoms with Gasteiger partial charge in [0.15, 0.2) is 0 Å². The monoisotopic (exact) mass is 269 g/mol. The van der Waals surface area contributed by atoms with E-state index in [1.165, 1.54) is 0 Å². The number of nitrogens with one attached hydrogen (secondary N) is 1. The number of rotatable bonds is 3. The van der Waals surface area contributed by atoms with Crippen molar-refractivity contribution in [3.8, 4) is 6.07 Å². The van der Waals surface area contributed by atoms with Gasteiger partial charge in [0, 0.05) is 12.2 Å². The van der Waals surface area contributed by atoms with Crippen molar-refractivity contribution in [2.75, 3.05) is 11.1 Å². The first-order chi connectivity index (χ1) is 9.56. The Morgan fingerprint density at radius 3 is 2.95 bits per heavy atom. The zero-order valence-electron chi connectivity index (χ0n) is 11.3. The molecular weight excluding hydrogens is 254 g/mol. The third-order valence-electron chi connectivity index (χ3n) is 2.94. The van der Waals surface area contributed by atoms with Gasteiger partial charge < -0.3 is 11.1 Å². The summed E-state index contributed by atoms with van der Waals surface area (Å²) in [5, 5.41) is 15.8. The number of anilines is 2. The smallest absolute Gasteiger partial charge is 0.276 e. The van der Waals surface area contributed by atoms with Gasteiger partial charge in [-0.05, 0) is 32.0 Å². The fourth-order valence-corrected chi connectivity index (χ4v) is 1.92. The van der Waals surface area contributed by atoms with Gasteiger partial charge in [-0.25, -0.2) is 0 Å². The van der Waals surface area contributed by atoms with Crippen LogP contribution in [0.4, 0.5) is 11.4 Å². The Hall–Kier alpha value is -2.81. The van der Waals surface area contributed by atoms with E-state index in [-0.39, 0.29) is 5.91 Å². The van der Waals surface area contributed by atoms with Crippen LogP contribution in [0.5, 0.6) is 0 Å². The quantitative estimate of drug-likeness (QED) is 0.889. The normalized spacial score (nSPS) is 10.1. The Labute approximate surface area is 116 Å².